The van der Waals surface area contributed by atoms with E-state index >= 15 is 0 Å². The Morgan fingerprint density at radius 1 is 1.53 bits per heavy atom. The number of nitrogens with zero attached hydrogens (tertiary/aromatic N) is 1. The molecule has 2 aromatic rings. The Morgan fingerprint density at radius 2 is 2.29 bits per heavy atom. The average molecular weight is 268 g/mol. The fourth-order valence-corrected chi connectivity index (χ4v) is 2.02. The molecule has 6 heteroatoms. The van der Waals surface area contributed by atoms with Crippen LogP contribution in [0.25, 0.3) is 0 Å². The van der Waals surface area contributed by atoms with Crippen LogP contribution in [0.5, 0.6) is 0 Å². The van der Waals surface area contributed by atoms with Gasteiger partial charge in [-0.3, -0.25) is 4.79 Å². The van der Waals surface area contributed by atoms with Gasteiger partial charge in [0.15, 0.2) is 5.13 Å². The van der Waals surface area contributed by atoms with E-state index in [1.165, 1.54) is 11.3 Å². The molecule has 0 bridgehead atoms. The molecule has 0 unspecified atom stereocenters. The molecular formula is C11H10ClN3OS. The summed E-state index contributed by atoms with van der Waals surface area (Å²) in [4.78, 5) is 15.7. The van der Waals surface area contributed by atoms with Crippen molar-refractivity contribution in [3.8, 4) is 0 Å². The Bertz CT molecular complexity index is 568. The van der Waals surface area contributed by atoms with Crippen LogP contribution in [0.2, 0.25) is 5.02 Å². The van der Waals surface area contributed by atoms with Gasteiger partial charge in [0.25, 0.3) is 5.91 Å². The first-order valence-corrected chi connectivity index (χ1v) is 6.10. The highest BCUT2D eigenvalue weighted by molar-refractivity contribution is 7.13. The van der Waals surface area contributed by atoms with Gasteiger partial charge in [0.2, 0.25) is 0 Å². The van der Waals surface area contributed by atoms with Crippen LogP contribution in [-0.4, -0.2) is 10.9 Å². The Balaban J connectivity index is 2.21. The summed E-state index contributed by atoms with van der Waals surface area (Å²) in [5.41, 5.74) is 7.39. The molecule has 4 nitrogen and oxygen atoms in total. The third-order valence-corrected chi connectivity index (χ3v) is 3.11. The van der Waals surface area contributed by atoms with Crippen LogP contribution < -0.4 is 11.1 Å². The fourth-order valence-electron chi connectivity index (χ4n) is 1.31. The van der Waals surface area contributed by atoms with Crippen molar-refractivity contribution in [3.63, 3.8) is 0 Å². The summed E-state index contributed by atoms with van der Waals surface area (Å²) < 4.78 is 0. The molecule has 0 saturated heterocycles. The number of nitrogens with one attached hydrogen (secondary N) is 1. The molecule has 0 saturated carbocycles. The minimum atomic E-state index is -0.289. The second-order valence-corrected chi connectivity index (χ2v) is 4.81. The maximum Gasteiger partial charge on any atom is 0.275 e. The number of anilines is 2. The van der Waals surface area contributed by atoms with Gasteiger partial charge in [-0.2, -0.15) is 0 Å². The molecule has 0 fully saturated rings. The van der Waals surface area contributed by atoms with Crippen molar-refractivity contribution in [2.45, 2.75) is 6.92 Å². The monoisotopic (exact) mass is 267 g/mol. The smallest absolute Gasteiger partial charge is 0.275 e. The number of amides is 1. The van der Waals surface area contributed by atoms with Crippen LogP contribution in [-0.2, 0) is 0 Å². The summed E-state index contributed by atoms with van der Waals surface area (Å²) in [5.74, 6) is -0.289. The summed E-state index contributed by atoms with van der Waals surface area (Å²) in [5, 5.41) is 5.31. The number of carbonyl (C=O) groups excluding carboxylic acids is 1. The van der Waals surface area contributed by atoms with Gasteiger partial charge in [0.05, 0.1) is 0 Å². The maximum atomic E-state index is 11.8. The highest BCUT2D eigenvalue weighted by Gasteiger charge is 2.11. The van der Waals surface area contributed by atoms with Crippen molar-refractivity contribution in [2.24, 2.45) is 0 Å². The molecule has 0 aliphatic heterocycles. The van der Waals surface area contributed by atoms with Crippen LogP contribution in [0.3, 0.4) is 0 Å². The molecular weight excluding hydrogens is 258 g/mol. The Kier molecular flexibility index (Phi) is 3.31. The van der Waals surface area contributed by atoms with Crippen LogP contribution in [0, 0.1) is 6.92 Å². The molecule has 1 aromatic carbocycles. The third kappa shape index (κ3) is 2.75. The SMILES string of the molecule is Cc1ccc(Cl)cc1NC(=O)c1csc(N)n1. The number of hydrogen-bond donors (Lipinski definition) is 2. The molecule has 1 amide bonds. The normalized spacial score (nSPS) is 10.2. The predicted octanol–water partition coefficient (Wildman–Crippen LogP) is 2.94. The third-order valence-electron chi connectivity index (χ3n) is 2.20. The van der Waals surface area contributed by atoms with Gasteiger partial charge < -0.3 is 11.1 Å². The molecule has 88 valence electrons. The molecule has 3 N–H and O–H groups in total. The number of rotatable bonds is 2. The highest BCUT2D eigenvalue weighted by atomic mass is 35.5. The second-order valence-electron chi connectivity index (χ2n) is 3.48. The zero-order valence-corrected chi connectivity index (χ0v) is 10.6. The van der Waals surface area contributed by atoms with E-state index in [1.54, 1.807) is 17.5 Å². The van der Waals surface area contributed by atoms with Crippen LogP contribution in [0.15, 0.2) is 23.6 Å². The first-order chi connectivity index (χ1) is 8.06. The van der Waals surface area contributed by atoms with Crippen LogP contribution in [0.4, 0.5) is 10.8 Å². The Labute approximate surface area is 107 Å². The molecule has 1 aromatic heterocycles. The van der Waals surface area contributed by atoms with Crippen molar-refractivity contribution >= 4 is 39.7 Å². The van der Waals surface area contributed by atoms with Crippen molar-refractivity contribution in [1.82, 2.24) is 4.98 Å². The molecule has 17 heavy (non-hydrogen) atoms. The standard InChI is InChI=1S/C11H10ClN3OS/c1-6-2-3-7(12)4-8(6)14-10(16)9-5-17-11(13)15-9/h2-5H,1H3,(H2,13,15)(H,14,16). The fraction of sp³-hybridized carbons (Fsp3) is 0.0909. The van der Waals surface area contributed by atoms with E-state index in [0.29, 0.717) is 21.5 Å². The minimum Gasteiger partial charge on any atom is -0.375 e. The first-order valence-electron chi connectivity index (χ1n) is 4.85. The summed E-state index contributed by atoms with van der Waals surface area (Å²) >= 11 is 7.10. The lowest BCUT2D eigenvalue weighted by molar-refractivity contribution is 0.102. The number of nitrogens with two attached hydrogens (primary N) is 1. The van der Waals surface area contributed by atoms with Crippen LogP contribution >= 0.6 is 22.9 Å². The molecule has 0 radical (unpaired) electrons. The number of carbonyl (C=O) groups is 1. The number of nitrogen functional groups attached to an aromatic ring is 1. The Morgan fingerprint density at radius 3 is 2.94 bits per heavy atom. The van der Waals surface area contributed by atoms with E-state index < -0.39 is 0 Å². The van der Waals surface area contributed by atoms with Gasteiger partial charge in [-0.05, 0) is 24.6 Å². The van der Waals surface area contributed by atoms with E-state index in [9.17, 15) is 4.79 Å². The Hall–Kier alpha value is -1.59. The highest BCUT2D eigenvalue weighted by Crippen LogP contribution is 2.21. The summed E-state index contributed by atoms with van der Waals surface area (Å²) in [7, 11) is 0. The number of thiazole rings is 1. The number of benzene rings is 1. The number of aryl methyl sites for hydroxylation is 1. The number of hydrogen-bond acceptors (Lipinski definition) is 4. The zero-order chi connectivity index (χ0) is 12.4. The molecule has 0 spiro atoms. The van der Waals surface area contributed by atoms with Gasteiger partial charge >= 0.3 is 0 Å². The van der Waals surface area contributed by atoms with Gasteiger partial charge in [-0.1, -0.05) is 17.7 Å². The molecule has 2 rings (SSSR count). The summed E-state index contributed by atoms with van der Waals surface area (Å²) in [6.45, 7) is 1.89. The quantitative estimate of drug-likeness (QED) is 0.879. The minimum absolute atomic E-state index is 0.289. The van der Waals surface area contributed by atoms with E-state index in [0.717, 1.165) is 5.56 Å². The van der Waals surface area contributed by atoms with Crippen molar-refractivity contribution in [1.29, 1.82) is 0 Å². The van der Waals surface area contributed by atoms with Gasteiger partial charge in [0.1, 0.15) is 5.69 Å². The maximum absolute atomic E-state index is 11.8. The van der Waals surface area contributed by atoms with E-state index in [-0.39, 0.29) is 5.91 Å². The first kappa shape index (κ1) is 11.9. The van der Waals surface area contributed by atoms with Crippen molar-refractivity contribution < 1.29 is 4.79 Å². The van der Waals surface area contributed by atoms with Crippen molar-refractivity contribution in [3.05, 3.63) is 39.9 Å². The lowest BCUT2D eigenvalue weighted by Gasteiger charge is -2.07. The van der Waals surface area contributed by atoms with Gasteiger partial charge in [0, 0.05) is 16.1 Å². The summed E-state index contributed by atoms with van der Waals surface area (Å²) in [6.07, 6.45) is 0. The van der Waals surface area contributed by atoms with E-state index in [2.05, 4.69) is 10.3 Å². The van der Waals surface area contributed by atoms with Crippen molar-refractivity contribution in [2.75, 3.05) is 11.1 Å². The second kappa shape index (κ2) is 4.73. The van der Waals surface area contributed by atoms with E-state index in [4.69, 9.17) is 17.3 Å². The molecule has 0 atom stereocenters. The molecule has 0 aliphatic rings. The molecule has 1 heterocycles. The molecule has 0 aliphatic carbocycles. The average Bonchev–Trinajstić information content (AvgIpc) is 2.70. The predicted molar refractivity (Wildman–Crippen MR) is 70.7 cm³/mol. The largest absolute Gasteiger partial charge is 0.375 e. The summed E-state index contributed by atoms with van der Waals surface area (Å²) in [6, 6.07) is 5.31. The van der Waals surface area contributed by atoms with E-state index in [1.807, 2.05) is 13.0 Å². The van der Waals surface area contributed by atoms with Crippen LogP contribution in [0.1, 0.15) is 16.1 Å². The number of halogens is 1. The number of aromatic nitrogens is 1. The zero-order valence-electron chi connectivity index (χ0n) is 9.03. The topological polar surface area (TPSA) is 68.0 Å². The lowest BCUT2D eigenvalue weighted by atomic mass is 10.2. The van der Waals surface area contributed by atoms with Gasteiger partial charge in [-0.25, -0.2) is 4.98 Å². The lowest BCUT2D eigenvalue weighted by Crippen LogP contribution is -2.13. The van der Waals surface area contributed by atoms with Gasteiger partial charge in [-0.15, -0.1) is 11.3 Å².